The molecule has 0 unspecified atom stereocenters. The van der Waals surface area contributed by atoms with Crippen LogP contribution in [0.15, 0.2) is 48.5 Å². The van der Waals surface area contributed by atoms with Gasteiger partial charge >= 0.3 is 0 Å². The number of carbonyl (C=O) groups excluding carboxylic acids is 1. The summed E-state index contributed by atoms with van der Waals surface area (Å²) in [7, 11) is 3.84. The Hall–Kier alpha value is -3.48. The monoisotopic (exact) mass is 379 g/mol. The Kier molecular flexibility index (Phi) is 5.54. The molecule has 2 N–H and O–H groups in total. The highest BCUT2D eigenvalue weighted by Gasteiger charge is 2.09. The smallest absolute Gasteiger partial charge is 0.255 e. The summed E-state index contributed by atoms with van der Waals surface area (Å²) in [5.41, 5.74) is 2.22. The minimum Gasteiger partial charge on any atom is -0.363 e. The Bertz CT molecular complexity index is 1000. The van der Waals surface area contributed by atoms with Gasteiger partial charge in [-0.3, -0.25) is 4.79 Å². The van der Waals surface area contributed by atoms with Crippen LogP contribution in [0, 0.1) is 19.7 Å². The largest absolute Gasteiger partial charge is 0.363 e. The summed E-state index contributed by atoms with van der Waals surface area (Å²) in [5, 5.41) is 5.99. The van der Waals surface area contributed by atoms with Gasteiger partial charge < -0.3 is 15.5 Å². The molecule has 0 spiro atoms. The summed E-state index contributed by atoms with van der Waals surface area (Å²) in [6, 6.07) is 13.5. The molecule has 0 saturated heterocycles. The maximum Gasteiger partial charge on any atom is 0.255 e. The Morgan fingerprint density at radius 1 is 0.964 bits per heavy atom. The highest BCUT2D eigenvalue weighted by molar-refractivity contribution is 6.04. The molecule has 0 radical (unpaired) electrons. The molecule has 0 aliphatic carbocycles. The predicted molar refractivity (Wildman–Crippen MR) is 110 cm³/mol. The van der Waals surface area contributed by atoms with Crippen molar-refractivity contribution in [2.24, 2.45) is 0 Å². The third kappa shape index (κ3) is 4.62. The van der Waals surface area contributed by atoms with E-state index in [4.69, 9.17) is 0 Å². The van der Waals surface area contributed by atoms with Crippen LogP contribution in [0.1, 0.15) is 21.7 Å². The first-order valence-corrected chi connectivity index (χ1v) is 8.79. The maximum atomic E-state index is 13.6. The first kappa shape index (κ1) is 19.3. The molecular weight excluding hydrogens is 357 g/mol. The Morgan fingerprint density at radius 2 is 1.64 bits per heavy atom. The van der Waals surface area contributed by atoms with E-state index in [1.807, 2.05) is 44.1 Å². The average Bonchev–Trinajstić information content (AvgIpc) is 2.65. The van der Waals surface area contributed by atoms with E-state index < -0.39 is 5.82 Å². The van der Waals surface area contributed by atoms with Crippen LogP contribution in [0.4, 0.5) is 27.4 Å². The van der Waals surface area contributed by atoms with E-state index in [0.29, 0.717) is 22.9 Å². The van der Waals surface area contributed by atoms with Crippen LogP contribution >= 0.6 is 0 Å². The van der Waals surface area contributed by atoms with Crippen LogP contribution in [0.2, 0.25) is 0 Å². The number of carbonyl (C=O) groups is 1. The maximum absolute atomic E-state index is 13.6. The summed E-state index contributed by atoms with van der Waals surface area (Å²) < 4.78 is 13.6. The molecule has 1 heterocycles. The van der Waals surface area contributed by atoms with E-state index in [-0.39, 0.29) is 11.5 Å². The zero-order valence-electron chi connectivity index (χ0n) is 16.2. The van der Waals surface area contributed by atoms with Gasteiger partial charge in [0.2, 0.25) is 0 Å². The fraction of sp³-hybridized carbons (Fsp3) is 0.190. The minimum absolute atomic E-state index is 0.276. The van der Waals surface area contributed by atoms with Crippen molar-refractivity contribution in [3.05, 3.63) is 71.3 Å². The van der Waals surface area contributed by atoms with Gasteiger partial charge in [-0.15, -0.1) is 0 Å². The fourth-order valence-electron chi connectivity index (χ4n) is 2.57. The number of benzene rings is 2. The molecule has 0 atom stereocenters. The van der Waals surface area contributed by atoms with Gasteiger partial charge in [0, 0.05) is 37.1 Å². The van der Waals surface area contributed by atoms with Crippen LogP contribution in [-0.4, -0.2) is 30.0 Å². The van der Waals surface area contributed by atoms with Gasteiger partial charge in [0.1, 0.15) is 23.3 Å². The van der Waals surface area contributed by atoms with Crippen molar-refractivity contribution in [2.75, 3.05) is 29.6 Å². The zero-order valence-corrected chi connectivity index (χ0v) is 16.2. The quantitative estimate of drug-likeness (QED) is 0.692. The number of halogens is 1. The molecule has 6 nitrogen and oxygen atoms in total. The molecule has 1 amide bonds. The fourth-order valence-corrected chi connectivity index (χ4v) is 2.57. The van der Waals surface area contributed by atoms with Gasteiger partial charge in [-0.2, -0.15) is 0 Å². The first-order chi connectivity index (χ1) is 13.3. The van der Waals surface area contributed by atoms with Crippen molar-refractivity contribution in [3.63, 3.8) is 0 Å². The third-order valence-corrected chi connectivity index (χ3v) is 4.13. The van der Waals surface area contributed by atoms with E-state index in [1.165, 1.54) is 6.07 Å². The topological polar surface area (TPSA) is 70.2 Å². The summed E-state index contributed by atoms with van der Waals surface area (Å²) in [6.07, 6.45) is 0. The van der Waals surface area contributed by atoms with E-state index in [9.17, 15) is 9.18 Å². The normalized spacial score (nSPS) is 10.5. The molecule has 7 heteroatoms. The lowest BCUT2D eigenvalue weighted by molar-refractivity contribution is 0.102. The molecule has 3 aromatic rings. The van der Waals surface area contributed by atoms with Crippen molar-refractivity contribution in [1.82, 2.24) is 9.97 Å². The lowest BCUT2D eigenvalue weighted by Gasteiger charge is -2.14. The van der Waals surface area contributed by atoms with Gasteiger partial charge in [-0.05, 0) is 55.8 Å². The van der Waals surface area contributed by atoms with Crippen molar-refractivity contribution in [3.8, 4) is 0 Å². The Balaban J connectivity index is 1.70. The molecule has 0 saturated carbocycles. The summed E-state index contributed by atoms with van der Waals surface area (Å²) in [4.78, 5) is 22.9. The van der Waals surface area contributed by atoms with E-state index >= 15 is 0 Å². The molecular formula is C21H22FN5O. The summed E-state index contributed by atoms with van der Waals surface area (Å²) in [6.45, 7) is 3.49. The van der Waals surface area contributed by atoms with Crippen LogP contribution in [0.25, 0.3) is 0 Å². The van der Waals surface area contributed by atoms with E-state index in [1.54, 1.807) is 31.2 Å². The number of aromatic nitrogens is 2. The standard InChI is InChI=1S/C21H22FN5O/c1-13-5-6-15(11-18(13)22)21(28)26-17-9-7-16(8-10-17)25-19-12-20(27(3)4)24-14(2)23-19/h5-12H,1-4H3,(H,26,28)(H,23,24,25). The molecule has 3 rings (SSSR count). The highest BCUT2D eigenvalue weighted by atomic mass is 19.1. The second-order valence-electron chi connectivity index (χ2n) is 6.67. The number of amides is 1. The molecule has 0 aliphatic heterocycles. The number of hydrogen-bond acceptors (Lipinski definition) is 5. The molecule has 144 valence electrons. The highest BCUT2D eigenvalue weighted by Crippen LogP contribution is 2.21. The summed E-state index contributed by atoms with van der Waals surface area (Å²) in [5.74, 6) is 1.40. The molecule has 28 heavy (non-hydrogen) atoms. The molecule has 1 aromatic heterocycles. The van der Waals surface area contributed by atoms with Crippen LogP contribution < -0.4 is 15.5 Å². The van der Waals surface area contributed by atoms with Crippen molar-refractivity contribution < 1.29 is 9.18 Å². The number of nitrogens with zero attached hydrogens (tertiary/aromatic N) is 3. The van der Waals surface area contributed by atoms with Gasteiger partial charge in [0.25, 0.3) is 5.91 Å². The Labute approximate surface area is 163 Å². The van der Waals surface area contributed by atoms with Gasteiger partial charge in [0.05, 0.1) is 0 Å². The zero-order chi connectivity index (χ0) is 20.3. The second-order valence-corrected chi connectivity index (χ2v) is 6.67. The SMILES string of the molecule is Cc1nc(Nc2ccc(NC(=O)c3ccc(C)c(F)c3)cc2)cc(N(C)C)n1. The van der Waals surface area contributed by atoms with Gasteiger partial charge in [-0.1, -0.05) is 6.07 Å². The number of hydrogen-bond donors (Lipinski definition) is 2. The lowest BCUT2D eigenvalue weighted by Crippen LogP contribution is -2.13. The van der Waals surface area contributed by atoms with Gasteiger partial charge in [0.15, 0.2) is 0 Å². The average molecular weight is 379 g/mol. The predicted octanol–water partition coefficient (Wildman–Crippen LogP) is 4.29. The number of nitrogens with one attached hydrogen (secondary N) is 2. The molecule has 0 fully saturated rings. The third-order valence-electron chi connectivity index (χ3n) is 4.13. The molecule has 0 bridgehead atoms. The lowest BCUT2D eigenvalue weighted by atomic mass is 10.1. The Morgan fingerprint density at radius 3 is 2.29 bits per heavy atom. The number of anilines is 4. The minimum atomic E-state index is -0.399. The molecule has 2 aromatic carbocycles. The molecule has 0 aliphatic rings. The van der Waals surface area contributed by atoms with Crippen LogP contribution in [-0.2, 0) is 0 Å². The van der Waals surface area contributed by atoms with E-state index in [2.05, 4.69) is 20.6 Å². The number of aryl methyl sites for hydroxylation is 2. The van der Waals surface area contributed by atoms with E-state index in [0.717, 1.165) is 11.5 Å². The first-order valence-electron chi connectivity index (χ1n) is 8.79. The van der Waals surface area contributed by atoms with Crippen LogP contribution in [0.5, 0.6) is 0 Å². The van der Waals surface area contributed by atoms with Gasteiger partial charge in [-0.25, -0.2) is 14.4 Å². The van der Waals surface area contributed by atoms with Crippen molar-refractivity contribution in [1.29, 1.82) is 0 Å². The van der Waals surface area contributed by atoms with Crippen LogP contribution in [0.3, 0.4) is 0 Å². The summed E-state index contributed by atoms with van der Waals surface area (Å²) >= 11 is 0. The second kappa shape index (κ2) is 8.04. The van der Waals surface area contributed by atoms with Crippen molar-refractivity contribution >= 4 is 28.9 Å². The van der Waals surface area contributed by atoms with Crippen molar-refractivity contribution in [2.45, 2.75) is 13.8 Å². The number of rotatable bonds is 5.